The summed E-state index contributed by atoms with van der Waals surface area (Å²) in [6, 6.07) is 12.4. The van der Waals surface area contributed by atoms with Gasteiger partial charge in [-0.05, 0) is 60.1 Å². The summed E-state index contributed by atoms with van der Waals surface area (Å²) < 4.78 is 7.79. The van der Waals surface area contributed by atoms with Crippen molar-refractivity contribution in [2.24, 2.45) is 7.05 Å². The summed E-state index contributed by atoms with van der Waals surface area (Å²) in [4.78, 5) is 27.9. The third-order valence-electron chi connectivity index (χ3n) is 9.09. The first kappa shape index (κ1) is 30.6. The van der Waals surface area contributed by atoms with Crippen LogP contribution < -0.4 is 20.3 Å². The molecule has 1 aliphatic carbocycles. The molecule has 0 atom stereocenters. The lowest BCUT2D eigenvalue weighted by atomic mass is 9.92. The van der Waals surface area contributed by atoms with Crippen molar-refractivity contribution in [1.82, 2.24) is 19.4 Å². The third kappa shape index (κ3) is 6.12. The lowest BCUT2D eigenvalue weighted by molar-refractivity contribution is 0.102. The minimum Gasteiger partial charge on any atom is -0.494 e. The maximum absolute atomic E-state index is 13.7. The maximum atomic E-state index is 13.7. The number of aliphatic hydroxyl groups excluding tert-OH is 1. The molecule has 2 aliphatic rings. The largest absolute Gasteiger partial charge is 0.494 e. The highest BCUT2D eigenvalue weighted by Crippen LogP contribution is 2.37. The number of rotatable bonds is 10. The number of carbonyl (C=O) groups is 1. The predicted molar refractivity (Wildman–Crippen MR) is 179 cm³/mol. The minimum atomic E-state index is -0.0852. The smallest absolute Gasteiger partial charge is 0.257 e. The Labute approximate surface area is 265 Å². The van der Waals surface area contributed by atoms with Gasteiger partial charge < -0.3 is 29.9 Å². The quantitative estimate of drug-likeness (QED) is 0.235. The average molecular weight is 610 g/mol. The molecule has 1 fully saturated rings. The molecule has 4 aromatic rings. The first-order valence-corrected chi connectivity index (χ1v) is 15.9. The summed E-state index contributed by atoms with van der Waals surface area (Å²) >= 11 is 0. The van der Waals surface area contributed by atoms with E-state index >= 15 is 0 Å². The van der Waals surface area contributed by atoms with Crippen molar-refractivity contribution in [2.45, 2.75) is 39.5 Å². The Morgan fingerprint density at radius 3 is 2.49 bits per heavy atom. The molecule has 1 saturated heterocycles. The van der Waals surface area contributed by atoms with Crippen LogP contribution in [0.25, 0.3) is 11.4 Å². The second-order valence-corrected chi connectivity index (χ2v) is 11.7. The highest BCUT2D eigenvalue weighted by atomic mass is 16.5. The second-order valence-electron chi connectivity index (χ2n) is 11.7. The van der Waals surface area contributed by atoms with Gasteiger partial charge in [-0.25, -0.2) is 9.97 Å². The van der Waals surface area contributed by atoms with Crippen molar-refractivity contribution < 1.29 is 14.6 Å². The number of aryl methyl sites for hydroxylation is 4. The third-order valence-corrected chi connectivity index (χ3v) is 9.09. The monoisotopic (exact) mass is 609 g/mol. The molecule has 1 aliphatic heterocycles. The molecule has 0 saturated carbocycles. The molecular formula is C35H43N7O3. The van der Waals surface area contributed by atoms with Crippen molar-refractivity contribution in [1.29, 1.82) is 0 Å². The Morgan fingerprint density at radius 2 is 1.80 bits per heavy atom. The lowest BCUT2D eigenvalue weighted by Crippen LogP contribution is -2.47. The van der Waals surface area contributed by atoms with Crippen molar-refractivity contribution >= 4 is 28.9 Å². The molecule has 2 aromatic heterocycles. The van der Waals surface area contributed by atoms with E-state index in [-0.39, 0.29) is 12.5 Å². The van der Waals surface area contributed by atoms with E-state index in [9.17, 15) is 9.90 Å². The van der Waals surface area contributed by atoms with Crippen molar-refractivity contribution in [3.8, 4) is 17.1 Å². The van der Waals surface area contributed by atoms with Crippen LogP contribution in [0.2, 0.25) is 0 Å². The standard InChI is InChI=1S/C35H43N7O3/c1-5-23-8-7-9-24(6-2)31(23)38-34(44)28-22-40(3)33-27(28)12-10-25-21-36-35(39-32(25)33)37-29-13-11-26(20-30(29)45-4)42-16-14-41(15-17-42)18-19-43/h7-9,11,13,20-22,43H,5-6,10,12,14-19H2,1-4H3,(H,38,44)(H,36,37,39). The van der Waals surface area contributed by atoms with Gasteiger partial charge >= 0.3 is 0 Å². The van der Waals surface area contributed by atoms with Gasteiger partial charge in [0.1, 0.15) is 5.75 Å². The number of β-amino-alcohol motifs (C(OH)–C–C–N with tert-alkyl or cyclic N) is 1. The predicted octanol–water partition coefficient (Wildman–Crippen LogP) is 4.82. The molecule has 0 bridgehead atoms. The average Bonchev–Trinajstić information content (AvgIpc) is 3.42. The maximum Gasteiger partial charge on any atom is 0.257 e. The molecule has 10 heteroatoms. The van der Waals surface area contributed by atoms with E-state index in [0.29, 0.717) is 23.8 Å². The number of ether oxygens (including phenoxy) is 1. The van der Waals surface area contributed by atoms with Crippen LogP contribution in [-0.4, -0.2) is 76.9 Å². The van der Waals surface area contributed by atoms with E-state index in [2.05, 4.69) is 63.5 Å². The van der Waals surface area contributed by atoms with Gasteiger partial charge in [0.2, 0.25) is 5.95 Å². The van der Waals surface area contributed by atoms with Gasteiger partial charge in [-0.3, -0.25) is 9.69 Å². The summed E-state index contributed by atoms with van der Waals surface area (Å²) in [6.45, 7) is 8.76. The number of anilines is 4. The number of para-hydroxylation sites is 1. The zero-order valence-electron chi connectivity index (χ0n) is 26.7. The highest BCUT2D eigenvalue weighted by Gasteiger charge is 2.28. The van der Waals surface area contributed by atoms with Gasteiger partial charge in [-0.2, -0.15) is 0 Å². The zero-order chi connectivity index (χ0) is 31.5. The molecule has 2 aromatic carbocycles. The van der Waals surface area contributed by atoms with Crippen LogP contribution in [0.5, 0.6) is 5.75 Å². The molecule has 3 heterocycles. The van der Waals surface area contributed by atoms with Crippen LogP contribution in [0.4, 0.5) is 23.0 Å². The van der Waals surface area contributed by atoms with E-state index in [1.54, 1.807) is 7.11 Å². The Kier molecular flexibility index (Phi) is 9.04. The minimum absolute atomic E-state index is 0.0852. The second kappa shape index (κ2) is 13.3. The Bertz CT molecular complexity index is 1670. The van der Waals surface area contributed by atoms with Gasteiger partial charge in [0.25, 0.3) is 5.91 Å². The SMILES string of the molecule is CCc1cccc(CC)c1NC(=O)c1cn(C)c2c1CCc1cnc(Nc3ccc(N4CCN(CCO)CC4)cc3OC)nc1-2. The number of nitrogens with one attached hydrogen (secondary N) is 2. The number of aliphatic hydroxyl groups is 1. The van der Waals surface area contributed by atoms with E-state index in [1.807, 2.05) is 36.1 Å². The Balaban J connectivity index is 1.24. The summed E-state index contributed by atoms with van der Waals surface area (Å²) in [5.74, 6) is 1.10. The number of fused-ring (bicyclic) bond motifs is 3. The number of aromatic nitrogens is 3. The highest BCUT2D eigenvalue weighted by molar-refractivity contribution is 6.07. The fraction of sp³-hybridized carbons (Fsp3) is 0.400. The van der Waals surface area contributed by atoms with Gasteiger partial charge in [-0.15, -0.1) is 0 Å². The van der Waals surface area contributed by atoms with Crippen LogP contribution in [0, 0.1) is 0 Å². The number of hydrogen-bond donors (Lipinski definition) is 3. The van der Waals surface area contributed by atoms with E-state index in [4.69, 9.17) is 9.72 Å². The molecule has 45 heavy (non-hydrogen) atoms. The van der Waals surface area contributed by atoms with Gasteiger partial charge in [0.15, 0.2) is 0 Å². The normalized spacial score (nSPS) is 14.6. The van der Waals surface area contributed by atoms with Crippen LogP contribution in [0.1, 0.15) is 46.5 Å². The van der Waals surface area contributed by atoms with E-state index in [1.165, 1.54) is 0 Å². The van der Waals surface area contributed by atoms with Gasteiger partial charge in [0, 0.05) is 69.6 Å². The fourth-order valence-corrected chi connectivity index (χ4v) is 6.61. The summed E-state index contributed by atoms with van der Waals surface area (Å²) in [5.41, 5.74) is 9.66. The molecule has 1 amide bonds. The van der Waals surface area contributed by atoms with E-state index < -0.39 is 0 Å². The number of nitrogens with zero attached hydrogens (tertiary/aromatic N) is 5. The van der Waals surface area contributed by atoms with E-state index in [0.717, 1.165) is 103 Å². The lowest BCUT2D eigenvalue weighted by Gasteiger charge is -2.36. The molecule has 6 rings (SSSR count). The number of benzene rings is 2. The van der Waals surface area contributed by atoms with Crippen LogP contribution >= 0.6 is 0 Å². The molecule has 0 radical (unpaired) electrons. The molecule has 0 unspecified atom stereocenters. The summed E-state index contributed by atoms with van der Waals surface area (Å²) in [7, 11) is 3.64. The number of hydrogen-bond acceptors (Lipinski definition) is 8. The van der Waals surface area contributed by atoms with Crippen LogP contribution in [0.15, 0.2) is 48.8 Å². The van der Waals surface area contributed by atoms with Crippen molar-refractivity contribution in [3.63, 3.8) is 0 Å². The van der Waals surface area contributed by atoms with Crippen LogP contribution in [0.3, 0.4) is 0 Å². The topological polar surface area (TPSA) is 108 Å². The summed E-state index contributed by atoms with van der Waals surface area (Å²) in [6.07, 6.45) is 7.04. The Morgan fingerprint density at radius 1 is 1.04 bits per heavy atom. The summed E-state index contributed by atoms with van der Waals surface area (Å²) in [5, 5.41) is 15.9. The molecular weight excluding hydrogens is 566 g/mol. The van der Waals surface area contributed by atoms with Crippen LogP contribution in [-0.2, 0) is 32.7 Å². The first-order valence-electron chi connectivity index (χ1n) is 15.9. The van der Waals surface area contributed by atoms with Crippen molar-refractivity contribution in [3.05, 3.63) is 76.6 Å². The zero-order valence-corrected chi connectivity index (χ0v) is 26.7. The number of carbonyl (C=O) groups excluding carboxylic acids is 1. The van der Waals surface area contributed by atoms with Gasteiger partial charge in [-0.1, -0.05) is 32.0 Å². The molecule has 10 nitrogen and oxygen atoms in total. The molecule has 0 spiro atoms. The first-order chi connectivity index (χ1) is 21.9. The van der Waals surface area contributed by atoms with Gasteiger partial charge in [0.05, 0.1) is 36.4 Å². The van der Waals surface area contributed by atoms with Crippen molar-refractivity contribution in [2.75, 3.05) is 62.0 Å². The molecule has 236 valence electrons. The fourth-order valence-electron chi connectivity index (χ4n) is 6.61. The number of amides is 1. The Hall–Kier alpha value is -4.41. The number of piperazine rings is 1. The number of methoxy groups -OCH3 is 1. The molecule has 3 N–H and O–H groups in total.